The van der Waals surface area contributed by atoms with Crippen LogP contribution >= 0.6 is 11.8 Å². The summed E-state index contributed by atoms with van der Waals surface area (Å²) in [6.45, 7) is 0. The second-order valence-electron chi connectivity index (χ2n) is 5.28. The molecular weight excluding hydrogens is 308 g/mol. The first kappa shape index (κ1) is 16.4. The predicted molar refractivity (Wildman–Crippen MR) is 84.8 cm³/mol. The lowest BCUT2D eigenvalue weighted by molar-refractivity contribution is 0.0696. The molecule has 0 unspecified atom stereocenters. The quantitative estimate of drug-likeness (QED) is 0.868. The number of carboxylic acid groups (broad SMARTS) is 1. The minimum Gasteiger partial charge on any atom is -0.478 e. The van der Waals surface area contributed by atoms with Gasteiger partial charge in [0, 0.05) is 11.0 Å². The van der Waals surface area contributed by atoms with Crippen LogP contribution in [0.25, 0.3) is 0 Å². The molecule has 21 heavy (non-hydrogen) atoms. The monoisotopic (exact) mass is 328 g/mol. The van der Waals surface area contributed by atoms with Gasteiger partial charge >= 0.3 is 5.97 Å². The zero-order valence-corrected chi connectivity index (χ0v) is 13.5. The Kier molecular flexibility index (Phi) is 5.70. The van der Waals surface area contributed by atoms with Gasteiger partial charge in [-0.1, -0.05) is 19.3 Å². The number of rotatable bonds is 6. The summed E-state index contributed by atoms with van der Waals surface area (Å²) in [5, 5.41) is 9.41. The highest BCUT2D eigenvalue weighted by molar-refractivity contribution is 8.01. The zero-order valence-electron chi connectivity index (χ0n) is 11.8. The number of carboxylic acids is 1. The van der Waals surface area contributed by atoms with Gasteiger partial charge in [0.1, 0.15) is 0 Å². The lowest BCUT2D eigenvalue weighted by atomic mass is 10.0. The zero-order chi connectivity index (χ0) is 15.3. The van der Waals surface area contributed by atoms with E-state index in [4.69, 9.17) is 5.11 Å². The Labute approximate surface area is 129 Å². The molecule has 1 aliphatic rings. The molecule has 0 aliphatic heterocycles. The lowest BCUT2D eigenvalue weighted by Gasteiger charge is -2.20. The Morgan fingerprint density at radius 3 is 2.33 bits per heavy atom. The molecule has 6 heteroatoms. The fourth-order valence-electron chi connectivity index (χ4n) is 2.48. The van der Waals surface area contributed by atoms with Crippen molar-refractivity contribution in [2.75, 3.05) is 11.5 Å². The Morgan fingerprint density at radius 1 is 1.14 bits per heavy atom. The van der Waals surface area contributed by atoms with Crippen molar-refractivity contribution in [2.24, 2.45) is 0 Å². The molecule has 1 fully saturated rings. The van der Waals surface area contributed by atoms with Crippen LogP contribution in [0.1, 0.15) is 42.5 Å². The van der Waals surface area contributed by atoms with Gasteiger partial charge in [-0.05, 0) is 37.1 Å². The highest BCUT2D eigenvalue weighted by Crippen LogP contribution is 2.28. The van der Waals surface area contributed by atoms with Crippen LogP contribution in [0.2, 0.25) is 0 Å². The molecule has 1 aliphatic carbocycles. The Hall–Kier alpha value is -1.01. The van der Waals surface area contributed by atoms with Crippen molar-refractivity contribution in [3.63, 3.8) is 0 Å². The van der Waals surface area contributed by atoms with Crippen molar-refractivity contribution in [3.05, 3.63) is 29.8 Å². The van der Waals surface area contributed by atoms with Gasteiger partial charge in [0.05, 0.1) is 16.2 Å². The summed E-state index contributed by atoms with van der Waals surface area (Å²) < 4.78 is 24.4. The molecule has 0 bridgehead atoms. The molecule has 1 aromatic rings. The van der Waals surface area contributed by atoms with Gasteiger partial charge in [0.2, 0.25) is 0 Å². The highest BCUT2D eigenvalue weighted by Gasteiger charge is 2.18. The molecule has 0 saturated heterocycles. The molecule has 0 radical (unpaired) electrons. The third-order valence-electron chi connectivity index (χ3n) is 3.72. The predicted octanol–water partition coefficient (Wildman–Crippen LogP) is 3.22. The Bertz CT molecular complexity index is 572. The first-order valence-corrected chi connectivity index (χ1v) is 9.87. The van der Waals surface area contributed by atoms with Crippen LogP contribution in [0.4, 0.5) is 0 Å². The number of thioether (sulfide) groups is 1. The minimum absolute atomic E-state index is 0.102. The van der Waals surface area contributed by atoms with Gasteiger partial charge in [-0.25, -0.2) is 13.2 Å². The third kappa shape index (κ3) is 4.74. The number of benzene rings is 1. The van der Waals surface area contributed by atoms with Crippen molar-refractivity contribution in [1.82, 2.24) is 0 Å². The van der Waals surface area contributed by atoms with Crippen LogP contribution in [0, 0.1) is 0 Å². The highest BCUT2D eigenvalue weighted by atomic mass is 32.2. The summed E-state index contributed by atoms with van der Waals surface area (Å²) in [7, 11) is -3.32. The molecule has 0 spiro atoms. The first-order valence-electron chi connectivity index (χ1n) is 7.17. The van der Waals surface area contributed by atoms with Crippen LogP contribution in [0.15, 0.2) is 29.2 Å². The van der Waals surface area contributed by atoms with Crippen LogP contribution < -0.4 is 0 Å². The van der Waals surface area contributed by atoms with Gasteiger partial charge in [0.25, 0.3) is 0 Å². The van der Waals surface area contributed by atoms with Crippen LogP contribution in [-0.2, 0) is 9.84 Å². The van der Waals surface area contributed by atoms with E-state index in [9.17, 15) is 13.2 Å². The van der Waals surface area contributed by atoms with E-state index in [1.807, 2.05) is 0 Å². The first-order chi connectivity index (χ1) is 9.99. The maximum absolute atomic E-state index is 12.2. The smallest absolute Gasteiger partial charge is 0.335 e. The Morgan fingerprint density at radius 2 is 1.76 bits per heavy atom. The van der Waals surface area contributed by atoms with Crippen LogP contribution in [0.5, 0.6) is 0 Å². The number of hydrogen-bond donors (Lipinski definition) is 1. The summed E-state index contributed by atoms with van der Waals surface area (Å²) >= 11 is 1.75. The third-order valence-corrected chi connectivity index (χ3v) is 7.09. The number of aromatic carboxylic acids is 1. The SMILES string of the molecule is O=C(O)c1ccc(S(=O)(=O)CCSC2CCCCC2)cc1. The molecular formula is C15H20O4S2. The van der Waals surface area contributed by atoms with Crippen molar-refractivity contribution in [3.8, 4) is 0 Å². The van der Waals surface area contributed by atoms with E-state index < -0.39 is 15.8 Å². The lowest BCUT2D eigenvalue weighted by Crippen LogP contribution is -2.14. The van der Waals surface area contributed by atoms with Gasteiger partial charge in [0.15, 0.2) is 9.84 Å². The van der Waals surface area contributed by atoms with E-state index in [0.29, 0.717) is 11.0 Å². The molecule has 1 saturated carbocycles. The number of carbonyl (C=O) groups is 1. The fourth-order valence-corrected chi connectivity index (χ4v) is 5.53. The van der Waals surface area contributed by atoms with Crippen LogP contribution in [-0.4, -0.2) is 36.2 Å². The van der Waals surface area contributed by atoms with Crippen molar-refractivity contribution in [2.45, 2.75) is 42.2 Å². The standard InChI is InChI=1S/C15H20O4S2/c16-15(17)12-6-8-14(9-7-12)21(18,19)11-10-20-13-4-2-1-3-5-13/h6-9,13H,1-5,10-11H2,(H,16,17). The molecule has 0 heterocycles. The van der Waals surface area contributed by atoms with E-state index in [0.717, 1.165) is 0 Å². The summed E-state index contributed by atoms with van der Waals surface area (Å²) in [5.41, 5.74) is 0.102. The summed E-state index contributed by atoms with van der Waals surface area (Å²) in [5.74, 6) is -0.333. The minimum atomic E-state index is -3.32. The van der Waals surface area contributed by atoms with Crippen LogP contribution in [0.3, 0.4) is 0 Å². The molecule has 0 aromatic heterocycles. The van der Waals surface area contributed by atoms with E-state index in [2.05, 4.69) is 0 Å². The van der Waals surface area contributed by atoms with Gasteiger partial charge in [-0.3, -0.25) is 0 Å². The number of sulfone groups is 1. The molecule has 2 rings (SSSR count). The van der Waals surface area contributed by atoms with E-state index in [-0.39, 0.29) is 16.2 Å². The second-order valence-corrected chi connectivity index (χ2v) is 8.80. The normalized spacial score (nSPS) is 16.8. The van der Waals surface area contributed by atoms with Gasteiger partial charge in [-0.2, -0.15) is 11.8 Å². The van der Waals surface area contributed by atoms with Crippen molar-refractivity contribution >= 4 is 27.6 Å². The maximum atomic E-state index is 12.2. The van der Waals surface area contributed by atoms with Gasteiger partial charge < -0.3 is 5.11 Å². The van der Waals surface area contributed by atoms with Gasteiger partial charge in [-0.15, -0.1) is 0 Å². The maximum Gasteiger partial charge on any atom is 0.335 e. The van der Waals surface area contributed by atoms with Crippen molar-refractivity contribution < 1.29 is 18.3 Å². The molecule has 1 aromatic carbocycles. The number of hydrogen-bond acceptors (Lipinski definition) is 4. The molecule has 0 atom stereocenters. The summed E-state index contributed by atoms with van der Waals surface area (Å²) in [4.78, 5) is 11.0. The average Bonchev–Trinajstić information content (AvgIpc) is 2.48. The molecule has 4 nitrogen and oxygen atoms in total. The largest absolute Gasteiger partial charge is 0.478 e. The van der Waals surface area contributed by atoms with E-state index in [1.54, 1.807) is 11.8 Å². The average molecular weight is 328 g/mol. The molecule has 1 N–H and O–H groups in total. The van der Waals surface area contributed by atoms with E-state index >= 15 is 0 Å². The summed E-state index contributed by atoms with van der Waals surface area (Å²) in [6, 6.07) is 5.43. The Balaban J connectivity index is 1.90. The van der Waals surface area contributed by atoms with E-state index in [1.165, 1.54) is 56.4 Å². The molecule has 116 valence electrons. The summed E-state index contributed by atoms with van der Waals surface area (Å²) in [6.07, 6.45) is 6.18. The topological polar surface area (TPSA) is 71.4 Å². The van der Waals surface area contributed by atoms with Crippen molar-refractivity contribution in [1.29, 1.82) is 0 Å². The second kappa shape index (κ2) is 7.31. The fraction of sp³-hybridized carbons (Fsp3) is 0.533. The molecule has 0 amide bonds.